The van der Waals surface area contributed by atoms with Gasteiger partial charge in [-0.1, -0.05) is 23.2 Å². The molecule has 0 fully saturated rings. The summed E-state index contributed by atoms with van der Waals surface area (Å²) >= 11 is 11.7. The third-order valence-electron chi connectivity index (χ3n) is 2.19. The number of nitrogens with zero attached hydrogens (tertiary/aromatic N) is 1. The first-order chi connectivity index (χ1) is 8.06. The Bertz CT molecular complexity index is 540. The highest BCUT2D eigenvalue weighted by Crippen LogP contribution is 2.30. The van der Waals surface area contributed by atoms with Crippen LogP contribution in [0.3, 0.4) is 0 Å². The Kier molecular flexibility index (Phi) is 3.45. The lowest BCUT2D eigenvalue weighted by molar-refractivity contribution is 0.479. The van der Waals surface area contributed by atoms with Crippen LogP contribution in [-0.4, -0.2) is 4.98 Å². The van der Waals surface area contributed by atoms with E-state index in [0.717, 1.165) is 5.76 Å². The van der Waals surface area contributed by atoms with Gasteiger partial charge < -0.3 is 15.5 Å². The Hall–Kier alpha value is -1.39. The van der Waals surface area contributed by atoms with Crippen LogP contribution in [-0.2, 0) is 6.54 Å². The average Bonchev–Trinajstić information content (AvgIpc) is 2.68. The lowest BCUT2D eigenvalue weighted by atomic mass is 10.2. The Labute approximate surface area is 109 Å². The predicted molar refractivity (Wildman–Crippen MR) is 69.4 cm³/mol. The number of hydrogen-bond donors (Lipinski definition) is 2. The van der Waals surface area contributed by atoms with Crippen LogP contribution in [0.5, 0.6) is 0 Å². The van der Waals surface area contributed by atoms with Gasteiger partial charge in [0.05, 0.1) is 34.2 Å². The molecule has 2 aromatic rings. The zero-order valence-electron chi connectivity index (χ0n) is 9.13. The zero-order chi connectivity index (χ0) is 12.4. The SMILES string of the molecule is Cc1cnc(CNc2cc(Cl)c(Cl)cc2N)o1. The topological polar surface area (TPSA) is 64.1 Å². The minimum Gasteiger partial charge on any atom is -0.444 e. The minimum atomic E-state index is 0.432. The summed E-state index contributed by atoms with van der Waals surface area (Å²) in [6.07, 6.45) is 1.66. The van der Waals surface area contributed by atoms with Gasteiger partial charge in [-0.2, -0.15) is 0 Å². The fourth-order valence-electron chi connectivity index (χ4n) is 1.37. The first kappa shape index (κ1) is 12.1. The van der Waals surface area contributed by atoms with Crippen molar-refractivity contribution in [3.63, 3.8) is 0 Å². The summed E-state index contributed by atoms with van der Waals surface area (Å²) in [5, 5.41) is 3.97. The van der Waals surface area contributed by atoms with Crippen molar-refractivity contribution >= 4 is 34.6 Å². The Morgan fingerprint density at radius 2 is 2.06 bits per heavy atom. The van der Waals surface area contributed by atoms with Crippen molar-refractivity contribution in [3.8, 4) is 0 Å². The van der Waals surface area contributed by atoms with E-state index in [9.17, 15) is 0 Å². The van der Waals surface area contributed by atoms with Crippen molar-refractivity contribution in [2.45, 2.75) is 13.5 Å². The summed E-state index contributed by atoms with van der Waals surface area (Å²) in [5.41, 5.74) is 7.04. The van der Waals surface area contributed by atoms with Crippen LogP contribution in [0.15, 0.2) is 22.7 Å². The monoisotopic (exact) mass is 271 g/mol. The summed E-state index contributed by atoms with van der Waals surface area (Å²) in [6.45, 7) is 2.28. The van der Waals surface area contributed by atoms with Crippen LogP contribution in [0.2, 0.25) is 10.0 Å². The third kappa shape index (κ3) is 2.84. The molecule has 0 aliphatic carbocycles. The number of nitrogens with two attached hydrogens (primary N) is 1. The maximum Gasteiger partial charge on any atom is 0.213 e. The summed E-state index contributed by atoms with van der Waals surface area (Å²) in [7, 11) is 0. The molecule has 0 radical (unpaired) electrons. The van der Waals surface area contributed by atoms with Gasteiger partial charge in [0, 0.05) is 0 Å². The molecule has 6 heteroatoms. The number of rotatable bonds is 3. The highest BCUT2D eigenvalue weighted by atomic mass is 35.5. The molecule has 0 atom stereocenters. The highest BCUT2D eigenvalue weighted by molar-refractivity contribution is 6.42. The molecule has 90 valence electrons. The van der Waals surface area contributed by atoms with Gasteiger partial charge in [0.25, 0.3) is 0 Å². The van der Waals surface area contributed by atoms with Crippen molar-refractivity contribution in [3.05, 3.63) is 40.0 Å². The van der Waals surface area contributed by atoms with Crippen LogP contribution in [0.1, 0.15) is 11.7 Å². The number of anilines is 2. The number of halogens is 2. The maximum absolute atomic E-state index is 5.91. The number of aryl methyl sites for hydroxylation is 1. The smallest absolute Gasteiger partial charge is 0.213 e. The standard InChI is InChI=1S/C11H11Cl2N3O/c1-6-4-16-11(17-6)5-15-10-3-8(13)7(12)2-9(10)14/h2-4,15H,5,14H2,1H3. The molecule has 0 saturated heterocycles. The summed E-state index contributed by atoms with van der Waals surface area (Å²) in [6, 6.07) is 3.28. The molecule has 0 aliphatic heterocycles. The molecular formula is C11H11Cl2N3O. The van der Waals surface area contributed by atoms with E-state index in [1.807, 2.05) is 6.92 Å². The number of nitrogen functional groups attached to an aromatic ring is 1. The van der Waals surface area contributed by atoms with Crippen LogP contribution in [0.25, 0.3) is 0 Å². The molecule has 0 saturated carbocycles. The molecule has 17 heavy (non-hydrogen) atoms. The molecule has 1 aromatic heterocycles. The fourth-order valence-corrected chi connectivity index (χ4v) is 1.71. The highest BCUT2D eigenvalue weighted by Gasteiger charge is 2.06. The Morgan fingerprint density at radius 1 is 1.35 bits per heavy atom. The van der Waals surface area contributed by atoms with Gasteiger partial charge in [-0.25, -0.2) is 4.98 Å². The fraction of sp³-hybridized carbons (Fsp3) is 0.182. The first-order valence-electron chi connectivity index (χ1n) is 4.96. The average molecular weight is 272 g/mol. The largest absolute Gasteiger partial charge is 0.444 e. The maximum atomic E-state index is 5.91. The third-order valence-corrected chi connectivity index (χ3v) is 2.91. The van der Waals surface area contributed by atoms with E-state index in [4.69, 9.17) is 33.4 Å². The number of nitrogens with one attached hydrogen (secondary N) is 1. The van der Waals surface area contributed by atoms with E-state index in [0.29, 0.717) is 33.9 Å². The molecule has 0 bridgehead atoms. The van der Waals surface area contributed by atoms with Crippen molar-refractivity contribution in [2.24, 2.45) is 0 Å². The minimum absolute atomic E-state index is 0.432. The second-order valence-corrected chi connectivity index (χ2v) is 4.39. The number of oxazole rings is 1. The van der Waals surface area contributed by atoms with Gasteiger partial charge in [0.1, 0.15) is 5.76 Å². The van der Waals surface area contributed by atoms with Gasteiger partial charge in [0.2, 0.25) is 5.89 Å². The van der Waals surface area contributed by atoms with E-state index < -0.39 is 0 Å². The molecule has 4 nitrogen and oxygen atoms in total. The van der Waals surface area contributed by atoms with Gasteiger partial charge in [-0.15, -0.1) is 0 Å². The predicted octanol–water partition coefficient (Wildman–Crippen LogP) is 3.48. The molecule has 0 amide bonds. The van der Waals surface area contributed by atoms with Crippen LogP contribution >= 0.6 is 23.2 Å². The molecule has 2 rings (SSSR count). The van der Waals surface area contributed by atoms with Crippen LogP contribution < -0.4 is 11.1 Å². The first-order valence-corrected chi connectivity index (χ1v) is 5.71. The van der Waals surface area contributed by atoms with Gasteiger partial charge in [-0.3, -0.25) is 0 Å². The van der Waals surface area contributed by atoms with Gasteiger partial charge in [-0.05, 0) is 19.1 Å². The summed E-state index contributed by atoms with van der Waals surface area (Å²) < 4.78 is 5.33. The second-order valence-electron chi connectivity index (χ2n) is 3.57. The van der Waals surface area contributed by atoms with E-state index in [1.54, 1.807) is 18.3 Å². The van der Waals surface area contributed by atoms with E-state index in [-0.39, 0.29) is 0 Å². The molecule has 3 N–H and O–H groups in total. The molecular weight excluding hydrogens is 261 g/mol. The van der Waals surface area contributed by atoms with Crippen molar-refractivity contribution < 1.29 is 4.42 Å². The normalized spacial score (nSPS) is 10.5. The number of benzene rings is 1. The molecule has 1 heterocycles. The lowest BCUT2D eigenvalue weighted by Crippen LogP contribution is -2.02. The van der Waals surface area contributed by atoms with E-state index in [2.05, 4.69) is 10.3 Å². The van der Waals surface area contributed by atoms with E-state index in [1.165, 1.54) is 0 Å². The Balaban J connectivity index is 2.11. The lowest BCUT2D eigenvalue weighted by Gasteiger charge is -2.08. The van der Waals surface area contributed by atoms with Crippen LogP contribution in [0, 0.1) is 6.92 Å². The number of hydrogen-bond acceptors (Lipinski definition) is 4. The number of aromatic nitrogens is 1. The van der Waals surface area contributed by atoms with Crippen molar-refractivity contribution in [1.82, 2.24) is 4.98 Å². The molecule has 1 aromatic carbocycles. The Morgan fingerprint density at radius 3 is 2.71 bits per heavy atom. The quantitative estimate of drug-likeness (QED) is 0.839. The zero-order valence-corrected chi connectivity index (χ0v) is 10.6. The van der Waals surface area contributed by atoms with Crippen molar-refractivity contribution in [1.29, 1.82) is 0 Å². The molecule has 0 unspecified atom stereocenters. The van der Waals surface area contributed by atoms with Crippen molar-refractivity contribution in [2.75, 3.05) is 11.1 Å². The van der Waals surface area contributed by atoms with E-state index >= 15 is 0 Å². The summed E-state index contributed by atoms with van der Waals surface area (Å²) in [5.74, 6) is 1.36. The van der Waals surface area contributed by atoms with Gasteiger partial charge >= 0.3 is 0 Å². The molecule has 0 aliphatic rings. The second kappa shape index (κ2) is 4.85. The molecule has 0 spiro atoms. The van der Waals surface area contributed by atoms with Crippen LogP contribution in [0.4, 0.5) is 11.4 Å². The van der Waals surface area contributed by atoms with Gasteiger partial charge in [0.15, 0.2) is 0 Å². The summed E-state index contributed by atoms with van der Waals surface area (Å²) in [4.78, 5) is 4.07.